The van der Waals surface area contributed by atoms with Crippen LogP contribution >= 0.6 is 0 Å². The van der Waals surface area contributed by atoms with E-state index in [1.54, 1.807) is 12.3 Å². The largest absolute Gasteiger partial charge is 0.465 e. The van der Waals surface area contributed by atoms with Crippen molar-refractivity contribution in [2.75, 3.05) is 18.0 Å². The number of nitrogens with zero attached hydrogens (tertiary/aromatic N) is 1. The zero-order valence-corrected chi connectivity index (χ0v) is 16.4. The minimum absolute atomic E-state index is 0.129. The quantitative estimate of drug-likeness (QED) is 0.566. The van der Waals surface area contributed by atoms with Gasteiger partial charge in [-0.2, -0.15) is 0 Å². The molecule has 4 nitrogen and oxygen atoms in total. The summed E-state index contributed by atoms with van der Waals surface area (Å²) >= 11 is 0. The summed E-state index contributed by atoms with van der Waals surface area (Å²) in [6.45, 7) is 6.72. The molecule has 3 aromatic rings. The van der Waals surface area contributed by atoms with Crippen molar-refractivity contribution in [2.24, 2.45) is 0 Å². The summed E-state index contributed by atoms with van der Waals surface area (Å²) in [4.78, 5) is 15.2. The second-order valence-electron chi connectivity index (χ2n) is 6.46. The highest BCUT2D eigenvalue weighted by Crippen LogP contribution is 2.19. The van der Waals surface area contributed by atoms with Crippen LogP contribution in [-0.2, 0) is 11.3 Å². The predicted octanol–water partition coefficient (Wildman–Crippen LogP) is 4.98. The molecule has 0 bridgehead atoms. The summed E-state index contributed by atoms with van der Waals surface area (Å²) in [5, 5.41) is 3.02. The summed E-state index contributed by atoms with van der Waals surface area (Å²) in [6, 6.07) is 21.6. The highest BCUT2D eigenvalue weighted by atomic mass is 16.3. The number of rotatable bonds is 8. The van der Waals surface area contributed by atoms with Crippen LogP contribution in [0.15, 0.2) is 77.4 Å². The predicted molar refractivity (Wildman–Crippen MR) is 115 cm³/mol. The van der Waals surface area contributed by atoms with Gasteiger partial charge in [-0.05, 0) is 55.3 Å². The first kappa shape index (κ1) is 19.5. The van der Waals surface area contributed by atoms with E-state index in [-0.39, 0.29) is 5.91 Å². The van der Waals surface area contributed by atoms with E-state index >= 15 is 0 Å². The number of amides is 1. The molecule has 1 N–H and O–H groups in total. The van der Waals surface area contributed by atoms with Crippen LogP contribution in [0, 0.1) is 0 Å². The van der Waals surface area contributed by atoms with Gasteiger partial charge in [-0.15, -0.1) is 0 Å². The lowest BCUT2D eigenvalue weighted by Gasteiger charge is -2.21. The fourth-order valence-electron chi connectivity index (χ4n) is 3.10. The number of furan rings is 1. The standard InChI is InChI=1S/C24H26N2O2/c1-3-26(4-2)21-14-12-19(13-15-21)18-25-24(27)23(17-22-11-8-16-28-22)20-9-6-5-7-10-20/h5-17H,3-4,18H2,1-2H3,(H,25,27)/b23-17+. The van der Waals surface area contributed by atoms with Gasteiger partial charge < -0.3 is 14.6 Å². The number of nitrogens with one attached hydrogen (secondary N) is 1. The highest BCUT2D eigenvalue weighted by molar-refractivity contribution is 6.23. The van der Waals surface area contributed by atoms with E-state index in [0.717, 1.165) is 24.2 Å². The lowest BCUT2D eigenvalue weighted by Crippen LogP contribution is -2.24. The third kappa shape index (κ3) is 4.92. The van der Waals surface area contributed by atoms with Gasteiger partial charge >= 0.3 is 0 Å². The SMILES string of the molecule is CCN(CC)c1ccc(CNC(=O)/C(=C/c2ccco2)c2ccccc2)cc1. The van der Waals surface area contributed by atoms with E-state index in [1.807, 2.05) is 42.5 Å². The first-order valence-electron chi connectivity index (χ1n) is 9.64. The Balaban J connectivity index is 1.72. The number of hydrogen-bond donors (Lipinski definition) is 1. The van der Waals surface area contributed by atoms with Crippen LogP contribution in [0.1, 0.15) is 30.7 Å². The fourth-order valence-corrected chi connectivity index (χ4v) is 3.10. The molecule has 4 heteroatoms. The monoisotopic (exact) mass is 374 g/mol. The molecule has 0 saturated heterocycles. The lowest BCUT2D eigenvalue weighted by molar-refractivity contribution is -0.115. The summed E-state index contributed by atoms with van der Waals surface area (Å²) in [7, 11) is 0. The molecule has 0 aliphatic carbocycles. The first-order valence-corrected chi connectivity index (χ1v) is 9.64. The Morgan fingerprint density at radius 3 is 2.29 bits per heavy atom. The van der Waals surface area contributed by atoms with E-state index in [1.165, 1.54) is 5.69 Å². The smallest absolute Gasteiger partial charge is 0.252 e. The van der Waals surface area contributed by atoms with Crippen molar-refractivity contribution in [3.8, 4) is 0 Å². The summed E-state index contributed by atoms with van der Waals surface area (Å²) in [5.41, 5.74) is 3.70. The van der Waals surface area contributed by atoms with Gasteiger partial charge in [0.25, 0.3) is 5.91 Å². The third-order valence-electron chi connectivity index (χ3n) is 4.68. The zero-order valence-electron chi connectivity index (χ0n) is 16.4. The molecule has 1 aromatic heterocycles. The number of benzene rings is 2. The Morgan fingerprint density at radius 2 is 1.68 bits per heavy atom. The van der Waals surface area contributed by atoms with Gasteiger partial charge in [0, 0.05) is 25.3 Å². The molecule has 0 atom stereocenters. The topological polar surface area (TPSA) is 45.5 Å². The van der Waals surface area contributed by atoms with Crippen molar-refractivity contribution in [3.63, 3.8) is 0 Å². The summed E-state index contributed by atoms with van der Waals surface area (Å²) in [6.07, 6.45) is 3.37. The van der Waals surface area contributed by atoms with Gasteiger partial charge in [0.2, 0.25) is 0 Å². The summed E-state index contributed by atoms with van der Waals surface area (Å²) < 4.78 is 5.39. The Hall–Kier alpha value is -3.27. The van der Waals surface area contributed by atoms with Crippen molar-refractivity contribution in [1.82, 2.24) is 5.32 Å². The molecule has 2 aromatic carbocycles. The van der Waals surface area contributed by atoms with Crippen molar-refractivity contribution in [1.29, 1.82) is 0 Å². The van der Waals surface area contributed by atoms with Crippen LogP contribution in [0.4, 0.5) is 5.69 Å². The van der Waals surface area contributed by atoms with Crippen molar-refractivity contribution in [2.45, 2.75) is 20.4 Å². The molecule has 0 aliphatic heterocycles. The van der Waals surface area contributed by atoms with E-state index in [2.05, 4.69) is 48.3 Å². The Kier molecular flexibility index (Phi) is 6.68. The molecule has 1 heterocycles. The van der Waals surface area contributed by atoms with Gasteiger partial charge in [-0.1, -0.05) is 42.5 Å². The van der Waals surface area contributed by atoms with Gasteiger partial charge in [0.1, 0.15) is 5.76 Å². The molecule has 28 heavy (non-hydrogen) atoms. The van der Waals surface area contributed by atoms with E-state index in [9.17, 15) is 4.79 Å². The maximum Gasteiger partial charge on any atom is 0.252 e. The maximum atomic E-state index is 12.9. The minimum Gasteiger partial charge on any atom is -0.465 e. The minimum atomic E-state index is -0.129. The number of hydrogen-bond acceptors (Lipinski definition) is 3. The molecule has 0 unspecified atom stereocenters. The number of carbonyl (C=O) groups excluding carboxylic acids is 1. The van der Waals surface area contributed by atoms with E-state index in [4.69, 9.17) is 4.42 Å². The maximum absolute atomic E-state index is 12.9. The Bertz CT molecular complexity index is 894. The molecule has 0 fully saturated rings. The van der Waals surface area contributed by atoms with Gasteiger partial charge in [-0.3, -0.25) is 4.79 Å². The van der Waals surface area contributed by atoms with Gasteiger partial charge in [0.15, 0.2) is 0 Å². The van der Waals surface area contributed by atoms with Gasteiger partial charge in [0.05, 0.1) is 11.8 Å². The molecule has 0 spiro atoms. The summed E-state index contributed by atoms with van der Waals surface area (Å²) in [5.74, 6) is 0.521. The van der Waals surface area contributed by atoms with Gasteiger partial charge in [-0.25, -0.2) is 0 Å². The van der Waals surface area contributed by atoms with Crippen molar-refractivity contribution < 1.29 is 9.21 Å². The third-order valence-corrected chi connectivity index (χ3v) is 4.68. The molecule has 0 radical (unpaired) electrons. The van der Waals surface area contributed by atoms with Crippen LogP contribution in [-0.4, -0.2) is 19.0 Å². The second-order valence-corrected chi connectivity index (χ2v) is 6.46. The molecule has 0 saturated carbocycles. The number of carbonyl (C=O) groups is 1. The van der Waals surface area contributed by atoms with E-state index < -0.39 is 0 Å². The first-order chi connectivity index (χ1) is 13.7. The van der Waals surface area contributed by atoms with Crippen molar-refractivity contribution in [3.05, 3.63) is 89.9 Å². The molecule has 0 aliphatic rings. The van der Waals surface area contributed by atoms with E-state index in [0.29, 0.717) is 17.9 Å². The second kappa shape index (κ2) is 9.60. The van der Waals surface area contributed by atoms with Crippen LogP contribution in [0.2, 0.25) is 0 Å². The molecule has 1 amide bonds. The van der Waals surface area contributed by atoms with Crippen LogP contribution in [0.25, 0.3) is 11.6 Å². The number of anilines is 1. The fraction of sp³-hybridized carbons (Fsp3) is 0.208. The molecule has 144 valence electrons. The average Bonchev–Trinajstić information content (AvgIpc) is 3.26. The Morgan fingerprint density at radius 1 is 0.964 bits per heavy atom. The van der Waals surface area contributed by atoms with Crippen LogP contribution in [0.3, 0.4) is 0 Å². The Labute approximate surface area is 166 Å². The zero-order chi connectivity index (χ0) is 19.8. The highest BCUT2D eigenvalue weighted by Gasteiger charge is 2.13. The molecular weight excluding hydrogens is 348 g/mol. The normalized spacial score (nSPS) is 11.3. The lowest BCUT2D eigenvalue weighted by atomic mass is 10.0. The molecule has 3 rings (SSSR count). The van der Waals surface area contributed by atoms with Crippen molar-refractivity contribution >= 4 is 23.2 Å². The van der Waals surface area contributed by atoms with Crippen LogP contribution < -0.4 is 10.2 Å². The van der Waals surface area contributed by atoms with Crippen LogP contribution in [0.5, 0.6) is 0 Å². The molecular formula is C24H26N2O2. The average molecular weight is 374 g/mol.